The molecular formula is C29H32N4O4. The maximum atomic E-state index is 13.8. The molecule has 0 unspecified atom stereocenters. The molecule has 3 aromatic rings. The summed E-state index contributed by atoms with van der Waals surface area (Å²) < 4.78 is 5.46. The van der Waals surface area contributed by atoms with E-state index in [0.717, 1.165) is 16.7 Å². The first kappa shape index (κ1) is 25.0. The van der Waals surface area contributed by atoms with E-state index in [1.165, 1.54) is 0 Å². The summed E-state index contributed by atoms with van der Waals surface area (Å²) in [6.07, 6.45) is 3.61. The van der Waals surface area contributed by atoms with Crippen LogP contribution in [0.2, 0.25) is 0 Å². The summed E-state index contributed by atoms with van der Waals surface area (Å²) in [5.41, 5.74) is 3.42. The normalized spacial score (nSPS) is 24.5. The number of amides is 2. The fourth-order valence-electron chi connectivity index (χ4n) is 5.53. The highest BCUT2D eigenvalue weighted by Gasteiger charge is 2.48. The Hall–Kier alpha value is -3.65. The van der Waals surface area contributed by atoms with E-state index in [1.54, 1.807) is 23.4 Å². The quantitative estimate of drug-likeness (QED) is 0.546. The molecule has 2 amide bonds. The second kappa shape index (κ2) is 9.67. The minimum Gasteiger partial charge on any atom is -0.391 e. The topological polar surface area (TPSA) is 109 Å². The first-order valence-corrected chi connectivity index (χ1v) is 12.7. The average molecular weight is 501 g/mol. The van der Waals surface area contributed by atoms with Gasteiger partial charge in [0.1, 0.15) is 11.7 Å². The molecule has 1 fully saturated rings. The van der Waals surface area contributed by atoms with Crippen LogP contribution in [0, 0.1) is 12.8 Å². The van der Waals surface area contributed by atoms with E-state index in [9.17, 15) is 14.7 Å². The fraction of sp³-hybridized carbons (Fsp3) is 0.414. The first-order chi connectivity index (χ1) is 17.7. The van der Waals surface area contributed by atoms with Crippen molar-refractivity contribution >= 4 is 17.5 Å². The molecule has 0 spiro atoms. The fourth-order valence-corrected chi connectivity index (χ4v) is 5.53. The van der Waals surface area contributed by atoms with Gasteiger partial charge in [-0.3, -0.25) is 14.6 Å². The van der Waals surface area contributed by atoms with E-state index in [-0.39, 0.29) is 24.3 Å². The van der Waals surface area contributed by atoms with Gasteiger partial charge in [-0.05, 0) is 42.5 Å². The Morgan fingerprint density at radius 3 is 2.57 bits per heavy atom. The average Bonchev–Trinajstić information content (AvgIpc) is 3.57. The molecule has 1 aromatic carbocycles. The molecule has 4 atom stereocenters. The third-order valence-corrected chi connectivity index (χ3v) is 7.60. The van der Waals surface area contributed by atoms with Gasteiger partial charge < -0.3 is 14.5 Å². The molecule has 2 aliphatic heterocycles. The lowest BCUT2D eigenvalue weighted by Crippen LogP contribution is -2.44. The number of aliphatic imine (C=N–C) groups is 1. The van der Waals surface area contributed by atoms with Crippen molar-refractivity contribution in [2.75, 3.05) is 6.54 Å². The summed E-state index contributed by atoms with van der Waals surface area (Å²) in [5, 5.41) is 14.5. The summed E-state index contributed by atoms with van der Waals surface area (Å²) in [4.78, 5) is 37.3. The van der Waals surface area contributed by atoms with Gasteiger partial charge >= 0.3 is 0 Å². The summed E-state index contributed by atoms with van der Waals surface area (Å²) in [5.74, 6) is -0.415. The number of likely N-dealkylation sites (tertiary alicyclic amines) is 1. The zero-order valence-electron chi connectivity index (χ0n) is 21.6. The zero-order valence-corrected chi connectivity index (χ0v) is 21.6. The van der Waals surface area contributed by atoms with E-state index in [1.807, 2.05) is 64.1 Å². The van der Waals surface area contributed by atoms with Gasteiger partial charge in [0.05, 0.1) is 23.3 Å². The van der Waals surface area contributed by atoms with Crippen LogP contribution in [0.25, 0.3) is 11.1 Å². The third-order valence-electron chi connectivity index (χ3n) is 7.60. The lowest BCUT2D eigenvalue weighted by Gasteiger charge is -2.30. The van der Waals surface area contributed by atoms with Crippen molar-refractivity contribution in [3.05, 3.63) is 71.9 Å². The van der Waals surface area contributed by atoms with Crippen LogP contribution in [0.5, 0.6) is 0 Å². The summed E-state index contributed by atoms with van der Waals surface area (Å²) in [6, 6.07) is 13.1. The van der Waals surface area contributed by atoms with Crippen molar-refractivity contribution < 1.29 is 19.2 Å². The SMILES string of the molecule is Cc1cc([C@@H](C(=O)N2C[C@H](O)C[C@@H]2C2=NC(=O)[C@@](C)(c3ccc(-c4cccnc4)cc3)C2)C(C)C)on1. The number of hydrogen-bond donors (Lipinski definition) is 1. The zero-order chi connectivity index (χ0) is 26.3. The molecule has 192 valence electrons. The predicted octanol–water partition coefficient (Wildman–Crippen LogP) is 4.08. The van der Waals surface area contributed by atoms with Crippen LogP contribution < -0.4 is 0 Å². The van der Waals surface area contributed by atoms with Crippen LogP contribution >= 0.6 is 0 Å². The lowest BCUT2D eigenvalue weighted by molar-refractivity contribution is -0.134. The molecule has 37 heavy (non-hydrogen) atoms. The Kier molecular flexibility index (Phi) is 6.54. The van der Waals surface area contributed by atoms with Crippen LogP contribution in [0.1, 0.15) is 56.5 Å². The van der Waals surface area contributed by atoms with Crippen molar-refractivity contribution in [1.82, 2.24) is 15.0 Å². The number of rotatable bonds is 6. The van der Waals surface area contributed by atoms with Gasteiger partial charge in [-0.2, -0.15) is 0 Å². The maximum absolute atomic E-state index is 13.8. The molecular weight excluding hydrogens is 468 g/mol. The number of aliphatic hydroxyl groups is 1. The number of aromatic nitrogens is 2. The van der Waals surface area contributed by atoms with Gasteiger partial charge in [0, 0.05) is 43.6 Å². The van der Waals surface area contributed by atoms with E-state index < -0.39 is 23.5 Å². The lowest BCUT2D eigenvalue weighted by atomic mass is 9.78. The van der Waals surface area contributed by atoms with E-state index in [4.69, 9.17) is 4.52 Å². The molecule has 0 aliphatic carbocycles. The highest BCUT2D eigenvalue weighted by molar-refractivity contribution is 6.11. The number of nitrogens with zero attached hydrogens (tertiary/aromatic N) is 4. The summed E-state index contributed by atoms with van der Waals surface area (Å²) in [6.45, 7) is 7.84. The summed E-state index contributed by atoms with van der Waals surface area (Å²) >= 11 is 0. The van der Waals surface area contributed by atoms with Crippen molar-refractivity contribution in [2.24, 2.45) is 10.9 Å². The molecule has 4 heterocycles. The Bertz CT molecular complexity index is 1330. The van der Waals surface area contributed by atoms with E-state index in [0.29, 0.717) is 30.0 Å². The number of pyridine rings is 1. The van der Waals surface area contributed by atoms with Crippen LogP contribution in [0.3, 0.4) is 0 Å². The van der Waals surface area contributed by atoms with Crippen molar-refractivity contribution in [3.63, 3.8) is 0 Å². The number of carbonyl (C=O) groups excluding carboxylic acids is 2. The first-order valence-electron chi connectivity index (χ1n) is 12.7. The third kappa shape index (κ3) is 4.62. The molecule has 8 nitrogen and oxygen atoms in total. The van der Waals surface area contributed by atoms with Crippen LogP contribution in [-0.4, -0.2) is 56.4 Å². The van der Waals surface area contributed by atoms with Crippen molar-refractivity contribution in [3.8, 4) is 11.1 Å². The Balaban J connectivity index is 1.39. The van der Waals surface area contributed by atoms with Gasteiger partial charge in [0.15, 0.2) is 0 Å². The van der Waals surface area contributed by atoms with E-state index in [2.05, 4.69) is 15.1 Å². The van der Waals surface area contributed by atoms with E-state index >= 15 is 0 Å². The van der Waals surface area contributed by atoms with Gasteiger partial charge in [-0.15, -0.1) is 0 Å². The smallest absolute Gasteiger partial charge is 0.256 e. The molecule has 0 saturated carbocycles. The number of aryl methyl sites for hydroxylation is 1. The maximum Gasteiger partial charge on any atom is 0.256 e. The Labute approximate surface area is 216 Å². The van der Waals surface area contributed by atoms with Gasteiger partial charge in [0.2, 0.25) is 5.91 Å². The molecule has 8 heteroatoms. The largest absolute Gasteiger partial charge is 0.391 e. The second-order valence-electron chi connectivity index (χ2n) is 10.7. The van der Waals surface area contributed by atoms with Gasteiger partial charge in [0.25, 0.3) is 5.91 Å². The number of aliphatic hydroxyl groups excluding tert-OH is 1. The molecule has 0 bridgehead atoms. The number of β-amino-alcohol motifs (C(OH)–C–C–N with tert-alkyl or cyclic N) is 1. The Morgan fingerprint density at radius 1 is 1.19 bits per heavy atom. The molecule has 2 aromatic heterocycles. The second-order valence-corrected chi connectivity index (χ2v) is 10.7. The minimum absolute atomic E-state index is 0.0333. The molecule has 2 aliphatic rings. The van der Waals surface area contributed by atoms with Crippen LogP contribution in [0.15, 0.2) is 64.4 Å². The minimum atomic E-state index is -0.829. The van der Waals surface area contributed by atoms with Crippen LogP contribution in [-0.2, 0) is 15.0 Å². The van der Waals surface area contributed by atoms with Crippen molar-refractivity contribution in [1.29, 1.82) is 0 Å². The van der Waals surface area contributed by atoms with Gasteiger partial charge in [-0.25, -0.2) is 4.99 Å². The number of hydrogen-bond acceptors (Lipinski definition) is 6. The predicted molar refractivity (Wildman–Crippen MR) is 139 cm³/mol. The molecule has 1 saturated heterocycles. The number of carbonyl (C=O) groups is 2. The molecule has 5 rings (SSSR count). The number of benzene rings is 1. The summed E-state index contributed by atoms with van der Waals surface area (Å²) in [7, 11) is 0. The van der Waals surface area contributed by atoms with Crippen molar-refractivity contribution in [2.45, 2.75) is 64.0 Å². The monoisotopic (exact) mass is 500 g/mol. The molecule has 0 radical (unpaired) electrons. The Morgan fingerprint density at radius 2 is 1.95 bits per heavy atom. The highest BCUT2D eigenvalue weighted by atomic mass is 16.5. The molecule has 1 N–H and O–H groups in total. The highest BCUT2D eigenvalue weighted by Crippen LogP contribution is 2.39. The van der Waals surface area contributed by atoms with Gasteiger partial charge in [-0.1, -0.05) is 49.3 Å². The standard InChI is InChI=1S/C29H32N4O4/c1-17(2)26(25-12-18(3)32-37-25)27(35)33-16-22(34)13-24(33)23-14-29(4,28(36)31-23)21-9-7-19(8-10-21)20-6-5-11-30-15-20/h5-12,15,17,22,24,26,34H,13-14,16H2,1-4H3/t22-,24-,26+,29-/m1/s1. The van der Waals surface area contributed by atoms with Crippen LogP contribution in [0.4, 0.5) is 0 Å².